The second-order valence-corrected chi connectivity index (χ2v) is 8.12. The number of benzene rings is 2. The number of guanidine groups is 1. The van der Waals surface area contributed by atoms with Crippen LogP contribution in [0.25, 0.3) is 0 Å². The summed E-state index contributed by atoms with van der Waals surface area (Å²) >= 11 is 0. The van der Waals surface area contributed by atoms with E-state index in [1.807, 2.05) is 24.3 Å². The summed E-state index contributed by atoms with van der Waals surface area (Å²) in [4.78, 5) is 17.8. The average molecular weight is 508 g/mol. The van der Waals surface area contributed by atoms with Crippen molar-refractivity contribution < 1.29 is 4.79 Å². The van der Waals surface area contributed by atoms with Crippen molar-refractivity contribution in [3.63, 3.8) is 0 Å². The molecule has 0 heterocycles. The topological polar surface area (TPSA) is 56.7 Å². The van der Waals surface area contributed by atoms with Crippen molar-refractivity contribution in [1.82, 2.24) is 15.5 Å². The molecule has 0 aliphatic rings. The highest BCUT2D eigenvalue weighted by Gasteiger charge is 2.12. The van der Waals surface area contributed by atoms with Crippen molar-refractivity contribution in [3.8, 4) is 0 Å². The summed E-state index contributed by atoms with van der Waals surface area (Å²) in [5.74, 6) is 0.753. The summed E-state index contributed by atoms with van der Waals surface area (Å²) in [6.45, 7) is 8.00. The van der Waals surface area contributed by atoms with Crippen LogP contribution < -0.4 is 10.6 Å². The quantitative estimate of drug-likeness (QED) is 0.362. The Hall–Kier alpha value is -2.09. The van der Waals surface area contributed by atoms with Gasteiger partial charge in [0.2, 0.25) is 0 Å². The molecule has 2 N–H and O–H groups in total. The highest BCUT2D eigenvalue weighted by molar-refractivity contribution is 14.0. The van der Waals surface area contributed by atoms with Gasteiger partial charge in [-0.25, -0.2) is 0 Å². The lowest BCUT2D eigenvalue weighted by Crippen LogP contribution is -2.36. The van der Waals surface area contributed by atoms with Crippen LogP contribution in [0, 0.1) is 0 Å². The molecule has 6 heteroatoms. The minimum atomic E-state index is 0. The zero-order valence-corrected chi connectivity index (χ0v) is 20.6. The van der Waals surface area contributed by atoms with Crippen LogP contribution in [0.5, 0.6) is 0 Å². The maximum atomic E-state index is 11.9. The Morgan fingerprint density at radius 1 is 0.897 bits per heavy atom. The van der Waals surface area contributed by atoms with E-state index in [1.54, 1.807) is 26.0 Å². The number of hydrogen-bond acceptors (Lipinski definition) is 2. The lowest BCUT2D eigenvalue weighted by atomic mass is 9.87. The van der Waals surface area contributed by atoms with E-state index in [0.717, 1.165) is 11.5 Å². The fourth-order valence-corrected chi connectivity index (χ4v) is 2.74. The standard InChI is InChI=1S/C23H32N4O.HI/c1-23(2,3)20-13-9-18(10-14-20)16-26-22(24-4)25-15-17-7-11-19(12-8-17)21(28)27(5)6;/h7-14H,15-16H2,1-6H3,(H2,24,25,26);1H. The third-order valence-corrected chi connectivity index (χ3v) is 4.57. The molecule has 158 valence electrons. The number of carbonyl (C=O) groups is 1. The van der Waals surface area contributed by atoms with Gasteiger partial charge < -0.3 is 15.5 Å². The van der Waals surface area contributed by atoms with E-state index in [4.69, 9.17) is 0 Å². The zero-order valence-electron chi connectivity index (χ0n) is 18.2. The number of nitrogens with zero attached hydrogens (tertiary/aromatic N) is 2. The lowest BCUT2D eigenvalue weighted by Gasteiger charge is -2.19. The minimum Gasteiger partial charge on any atom is -0.352 e. The first kappa shape index (κ1) is 24.9. The van der Waals surface area contributed by atoms with Crippen LogP contribution in [0.2, 0.25) is 0 Å². The maximum absolute atomic E-state index is 11.9. The number of aliphatic imine (C=N–C) groups is 1. The fourth-order valence-electron chi connectivity index (χ4n) is 2.74. The molecular formula is C23H33IN4O. The second kappa shape index (κ2) is 11.2. The van der Waals surface area contributed by atoms with E-state index >= 15 is 0 Å². The number of nitrogens with one attached hydrogen (secondary N) is 2. The van der Waals surface area contributed by atoms with E-state index < -0.39 is 0 Å². The molecule has 1 amide bonds. The Kier molecular flexibility index (Phi) is 9.62. The predicted molar refractivity (Wildman–Crippen MR) is 132 cm³/mol. The van der Waals surface area contributed by atoms with Gasteiger partial charge in [0.25, 0.3) is 5.91 Å². The number of carbonyl (C=O) groups excluding carboxylic acids is 1. The molecule has 2 aromatic carbocycles. The first-order valence-electron chi connectivity index (χ1n) is 9.55. The molecule has 29 heavy (non-hydrogen) atoms. The van der Waals surface area contributed by atoms with E-state index in [0.29, 0.717) is 18.7 Å². The molecule has 0 fully saturated rings. The maximum Gasteiger partial charge on any atom is 0.253 e. The molecule has 0 spiro atoms. The van der Waals surface area contributed by atoms with Crippen LogP contribution >= 0.6 is 24.0 Å². The first-order valence-corrected chi connectivity index (χ1v) is 9.55. The van der Waals surface area contributed by atoms with Gasteiger partial charge in [0.05, 0.1) is 0 Å². The van der Waals surface area contributed by atoms with Crippen molar-refractivity contribution >= 4 is 35.8 Å². The van der Waals surface area contributed by atoms with Gasteiger partial charge in [-0.1, -0.05) is 57.2 Å². The van der Waals surface area contributed by atoms with E-state index in [-0.39, 0.29) is 35.3 Å². The molecule has 0 radical (unpaired) electrons. The van der Waals surface area contributed by atoms with E-state index in [9.17, 15) is 4.79 Å². The molecule has 0 saturated heterocycles. The summed E-state index contributed by atoms with van der Waals surface area (Å²) in [6.07, 6.45) is 0. The Balaban J connectivity index is 0.00000420. The largest absolute Gasteiger partial charge is 0.352 e. The van der Waals surface area contributed by atoms with Gasteiger partial charge in [-0.05, 0) is 34.2 Å². The molecule has 0 aromatic heterocycles. The number of hydrogen-bond donors (Lipinski definition) is 2. The molecular weight excluding hydrogens is 475 g/mol. The molecule has 0 saturated carbocycles. The van der Waals surface area contributed by atoms with Crippen LogP contribution in [0.1, 0.15) is 47.8 Å². The monoisotopic (exact) mass is 508 g/mol. The first-order chi connectivity index (χ1) is 13.2. The third-order valence-electron chi connectivity index (χ3n) is 4.57. The lowest BCUT2D eigenvalue weighted by molar-refractivity contribution is 0.0827. The Bertz CT molecular complexity index is 806. The van der Waals surface area contributed by atoms with Crippen molar-refractivity contribution in [1.29, 1.82) is 0 Å². The highest BCUT2D eigenvalue weighted by Crippen LogP contribution is 2.22. The summed E-state index contributed by atoms with van der Waals surface area (Å²) in [5.41, 5.74) is 4.48. The van der Waals surface area contributed by atoms with Gasteiger partial charge in [-0.3, -0.25) is 9.79 Å². The summed E-state index contributed by atoms with van der Waals surface area (Å²) < 4.78 is 0. The van der Waals surface area contributed by atoms with Crippen LogP contribution in [0.3, 0.4) is 0 Å². The van der Waals surface area contributed by atoms with Gasteiger partial charge in [0.1, 0.15) is 0 Å². The Morgan fingerprint density at radius 2 is 1.34 bits per heavy atom. The normalized spacial score (nSPS) is 11.4. The average Bonchev–Trinajstić information content (AvgIpc) is 2.67. The van der Waals surface area contributed by atoms with Gasteiger partial charge in [-0.15, -0.1) is 24.0 Å². The molecule has 0 bridgehead atoms. The smallest absolute Gasteiger partial charge is 0.253 e. The molecule has 0 atom stereocenters. The van der Waals surface area contributed by atoms with Crippen LogP contribution in [-0.4, -0.2) is 37.9 Å². The zero-order chi connectivity index (χ0) is 20.7. The molecule has 5 nitrogen and oxygen atoms in total. The minimum absolute atomic E-state index is 0. The summed E-state index contributed by atoms with van der Waals surface area (Å²) in [6, 6.07) is 16.3. The predicted octanol–water partition coefficient (Wildman–Crippen LogP) is 4.17. The van der Waals surface area contributed by atoms with Crippen molar-refractivity contribution in [2.45, 2.75) is 39.3 Å². The SMILES string of the molecule is CN=C(NCc1ccc(C(=O)N(C)C)cc1)NCc1ccc(C(C)(C)C)cc1.I. The van der Waals surface area contributed by atoms with Gasteiger partial charge in [0, 0.05) is 39.8 Å². The number of halogens is 1. The number of amides is 1. The third kappa shape index (κ3) is 7.68. The molecule has 2 rings (SSSR count). The van der Waals surface area contributed by atoms with Crippen LogP contribution in [-0.2, 0) is 18.5 Å². The van der Waals surface area contributed by atoms with Gasteiger partial charge in [0.15, 0.2) is 5.96 Å². The second-order valence-electron chi connectivity index (χ2n) is 8.12. The Morgan fingerprint density at radius 3 is 1.72 bits per heavy atom. The number of rotatable bonds is 5. The fraction of sp³-hybridized carbons (Fsp3) is 0.391. The highest BCUT2D eigenvalue weighted by atomic mass is 127. The van der Waals surface area contributed by atoms with E-state index in [2.05, 4.69) is 60.7 Å². The summed E-state index contributed by atoms with van der Waals surface area (Å²) in [5, 5.41) is 6.64. The van der Waals surface area contributed by atoms with E-state index in [1.165, 1.54) is 11.1 Å². The molecule has 0 aliphatic carbocycles. The van der Waals surface area contributed by atoms with Gasteiger partial charge >= 0.3 is 0 Å². The van der Waals surface area contributed by atoms with Crippen LogP contribution in [0.15, 0.2) is 53.5 Å². The Labute approximate surface area is 192 Å². The molecule has 2 aromatic rings. The van der Waals surface area contributed by atoms with Crippen LogP contribution in [0.4, 0.5) is 0 Å². The summed E-state index contributed by atoms with van der Waals surface area (Å²) in [7, 11) is 5.27. The van der Waals surface area contributed by atoms with Gasteiger partial charge in [-0.2, -0.15) is 0 Å². The molecule has 0 unspecified atom stereocenters. The van der Waals surface area contributed by atoms with Crippen molar-refractivity contribution in [3.05, 3.63) is 70.8 Å². The molecule has 0 aliphatic heterocycles. The van der Waals surface area contributed by atoms with Crippen molar-refractivity contribution in [2.75, 3.05) is 21.1 Å². The van der Waals surface area contributed by atoms with Crippen molar-refractivity contribution in [2.24, 2.45) is 4.99 Å².